The number of methoxy groups -OCH3 is 1. The maximum atomic E-state index is 9.24. The van der Waals surface area contributed by atoms with E-state index in [1.807, 2.05) is 6.07 Å². The van der Waals surface area contributed by atoms with Crippen LogP contribution < -0.4 is 10.1 Å². The molecular weight excluding hydrogens is 232 g/mol. The lowest BCUT2D eigenvalue weighted by atomic mass is 10.2. The van der Waals surface area contributed by atoms with Crippen molar-refractivity contribution >= 4 is 5.82 Å². The SMILES string of the molecule is COCCCOc1cc(NC2CC2)ncc1CO. The molecule has 1 aliphatic rings. The van der Waals surface area contributed by atoms with Crippen molar-refractivity contribution in [3.8, 4) is 5.75 Å². The van der Waals surface area contributed by atoms with E-state index in [0.717, 1.165) is 12.2 Å². The van der Waals surface area contributed by atoms with Crippen molar-refractivity contribution < 1.29 is 14.6 Å². The van der Waals surface area contributed by atoms with Crippen LogP contribution in [-0.2, 0) is 11.3 Å². The minimum atomic E-state index is -0.0592. The molecule has 5 heteroatoms. The second-order valence-electron chi connectivity index (χ2n) is 4.45. The number of aliphatic hydroxyl groups excluding tert-OH is 1. The predicted molar refractivity (Wildman–Crippen MR) is 68.8 cm³/mol. The number of rotatable bonds is 8. The molecule has 1 saturated carbocycles. The lowest BCUT2D eigenvalue weighted by Gasteiger charge is -2.12. The lowest BCUT2D eigenvalue weighted by Crippen LogP contribution is -2.07. The van der Waals surface area contributed by atoms with Crippen LogP contribution in [-0.4, -0.2) is 36.5 Å². The number of aromatic nitrogens is 1. The van der Waals surface area contributed by atoms with Crippen LogP contribution in [0.25, 0.3) is 0 Å². The van der Waals surface area contributed by atoms with Crippen LogP contribution in [0, 0.1) is 0 Å². The Kier molecular flexibility index (Phi) is 4.78. The molecule has 18 heavy (non-hydrogen) atoms. The number of nitrogens with zero attached hydrogens (tertiary/aromatic N) is 1. The molecule has 0 unspecified atom stereocenters. The summed E-state index contributed by atoms with van der Waals surface area (Å²) in [5, 5.41) is 12.6. The van der Waals surface area contributed by atoms with Crippen molar-refractivity contribution in [1.82, 2.24) is 4.98 Å². The first kappa shape index (κ1) is 13.1. The van der Waals surface area contributed by atoms with Crippen LogP contribution >= 0.6 is 0 Å². The molecule has 0 amide bonds. The Morgan fingerprint density at radius 2 is 2.28 bits per heavy atom. The first-order valence-corrected chi connectivity index (χ1v) is 6.31. The van der Waals surface area contributed by atoms with Gasteiger partial charge in [0.25, 0.3) is 0 Å². The van der Waals surface area contributed by atoms with Gasteiger partial charge in [-0.1, -0.05) is 0 Å². The van der Waals surface area contributed by atoms with Crippen molar-refractivity contribution in [3.05, 3.63) is 17.8 Å². The lowest BCUT2D eigenvalue weighted by molar-refractivity contribution is 0.170. The van der Waals surface area contributed by atoms with Gasteiger partial charge >= 0.3 is 0 Å². The molecule has 0 bridgehead atoms. The number of nitrogens with one attached hydrogen (secondary N) is 1. The summed E-state index contributed by atoms with van der Waals surface area (Å²) in [5.74, 6) is 1.52. The summed E-state index contributed by atoms with van der Waals surface area (Å²) >= 11 is 0. The Hall–Kier alpha value is -1.33. The molecule has 0 aromatic carbocycles. The normalized spacial score (nSPS) is 14.6. The van der Waals surface area contributed by atoms with E-state index in [1.54, 1.807) is 13.3 Å². The molecule has 1 aliphatic carbocycles. The van der Waals surface area contributed by atoms with E-state index in [-0.39, 0.29) is 6.61 Å². The van der Waals surface area contributed by atoms with Crippen LogP contribution in [0.3, 0.4) is 0 Å². The number of hydrogen-bond acceptors (Lipinski definition) is 5. The molecule has 100 valence electrons. The Balaban J connectivity index is 1.94. The molecular formula is C13H20N2O3. The standard InChI is InChI=1S/C13H20N2O3/c1-17-5-2-6-18-12-7-13(15-11-3-4-11)14-8-10(12)9-16/h7-8,11,16H,2-6,9H2,1H3,(H,14,15). The quantitative estimate of drug-likeness (QED) is 0.687. The van der Waals surface area contributed by atoms with Gasteiger partial charge in [-0.05, 0) is 12.8 Å². The third-order valence-corrected chi connectivity index (χ3v) is 2.79. The van der Waals surface area contributed by atoms with Gasteiger partial charge in [0.1, 0.15) is 11.6 Å². The van der Waals surface area contributed by atoms with E-state index in [2.05, 4.69) is 10.3 Å². The van der Waals surface area contributed by atoms with Crippen LogP contribution in [0.5, 0.6) is 5.75 Å². The summed E-state index contributed by atoms with van der Waals surface area (Å²) in [6.07, 6.45) is 4.90. The minimum Gasteiger partial charge on any atom is -0.493 e. The van der Waals surface area contributed by atoms with Gasteiger partial charge in [-0.2, -0.15) is 0 Å². The summed E-state index contributed by atoms with van der Waals surface area (Å²) in [5.41, 5.74) is 0.716. The molecule has 0 atom stereocenters. The van der Waals surface area contributed by atoms with E-state index in [9.17, 15) is 5.11 Å². The fraction of sp³-hybridized carbons (Fsp3) is 0.615. The van der Waals surface area contributed by atoms with E-state index in [1.165, 1.54) is 12.8 Å². The molecule has 1 heterocycles. The van der Waals surface area contributed by atoms with Gasteiger partial charge in [-0.15, -0.1) is 0 Å². The summed E-state index contributed by atoms with van der Waals surface area (Å²) in [7, 11) is 1.67. The molecule has 0 aliphatic heterocycles. The Bertz CT molecular complexity index is 380. The number of hydrogen-bond donors (Lipinski definition) is 2. The van der Waals surface area contributed by atoms with Gasteiger partial charge in [-0.3, -0.25) is 0 Å². The minimum absolute atomic E-state index is 0.0592. The van der Waals surface area contributed by atoms with Crippen molar-refractivity contribution in [3.63, 3.8) is 0 Å². The Morgan fingerprint density at radius 1 is 1.44 bits per heavy atom. The van der Waals surface area contributed by atoms with Crippen LogP contribution in [0.1, 0.15) is 24.8 Å². The maximum Gasteiger partial charge on any atom is 0.130 e. The van der Waals surface area contributed by atoms with E-state index < -0.39 is 0 Å². The fourth-order valence-electron chi connectivity index (χ4n) is 1.62. The second-order valence-corrected chi connectivity index (χ2v) is 4.45. The van der Waals surface area contributed by atoms with Gasteiger partial charge in [-0.25, -0.2) is 4.98 Å². The van der Waals surface area contributed by atoms with Crippen LogP contribution in [0.4, 0.5) is 5.82 Å². The van der Waals surface area contributed by atoms with Crippen molar-refractivity contribution in [2.45, 2.75) is 31.9 Å². The molecule has 0 spiro atoms. The highest BCUT2D eigenvalue weighted by Crippen LogP contribution is 2.27. The maximum absolute atomic E-state index is 9.24. The average Bonchev–Trinajstić information content (AvgIpc) is 3.19. The number of pyridine rings is 1. The second kappa shape index (κ2) is 6.56. The molecule has 1 aromatic heterocycles. The first-order valence-electron chi connectivity index (χ1n) is 6.31. The van der Waals surface area contributed by atoms with Gasteiger partial charge in [0, 0.05) is 44.0 Å². The first-order chi connectivity index (χ1) is 8.83. The molecule has 5 nitrogen and oxygen atoms in total. The summed E-state index contributed by atoms with van der Waals surface area (Å²) in [6.45, 7) is 1.19. The zero-order chi connectivity index (χ0) is 12.8. The highest BCUT2D eigenvalue weighted by atomic mass is 16.5. The zero-order valence-electron chi connectivity index (χ0n) is 10.7. The molecule has 0 radical (unpaired) electrons. The summed E-state index contributed by atoms with van der Waals surface area (Å²) in [6, 6.07) is 2.41. The number of ether oxygens (including phenoxy) is 2. The van der Waals surface area contributed by atoms with E-state index >= 15 is 0 Å². The Labute approximate surface area is 107 Å². The van der Waals surface area contributed by atoms with Crippen LogP contribution in [0.2, 0.25) is 0 Å². The molecule has 2 N–H and O–H groups in total. The van der Waals surface area contributed by atoms with E-state index in [0.29, 0.717) is 30.6 Å². The monoisotopic (exact) mass is 252 g/mol. The number of aliphatic hydroxyl groups is 1. The Morgan fingerprint density at radius 3 is 2.94 bits per heavy atom. The van der Waals surface area contributed by atoms with Gasteiger partial charge in [0.15, 0.2) is 0 Å². The third-order valence-electron chi connectivity index (χ3n) is 2.79. The number of anilines is 1. The molecule has 1 aromatic rings. The van der Waals surface area contributed by atoms with Crippen LogP contribution in [0.15, 0.2) is 12.3 Å². The third kappa shape index (κ3) is 3.85. The molecule has 0 saturated heterocycles. The van der Waals surface area contributed by atoms with Gasteiger partial charge in [0.05, 0.1) is 13.2 Å². The zero-order valence-corrected chi connectivity index (χ0v) is 10.7. The average molecular weight is 252 g/mol. The highest BCUT2D eigenvalue weighted by molar-refractivity contribution is 5.46. The van der Waals surface area contributed by atoms with E-state index in [4.69, 9.17) is 9.47 Å². The fourth-order valence-corrected chi connectivity index (χ4v) is 1.62. The predicted octanol–water partition coefficient (Wildman–Crippen LogP) is 1.56. The summed E-state index contributed by atoms with van der Waals surface area (Å²) in [4.78, 5) is 4.26. The largest absolute Gasteiger partial charge is 0.493 e. The molecule has 1 fully saturated rings. The molecule has 2 rings (SSSR count). The van der Waals surface area contributed by atoms with Gasteiger partial charge < -0.3 is 19.9 Å². The summed E-state index contributed by atoms with van der Waals surface area (Å²) < 4.78 is 10.6. The van der Waals surface area contributed by atoms with Crippen molar-refractivity contribution in [2.75, 3.05) is 25.6 Å². The topological polar surface area (TPSA) is 63.6 Å². The highest BCUT2D eigenvalue weighted by Gasteiger charge is 2.21. The van der Waals surface area contributed by atoms with Crippen molar-refractivity contribution in [1.29, 1.82) is 0 Å². The van der Waals surface area contributed by atoms with Gasteiger partial charge in [0.2, 0.25) is 0 Å². The smallest absolute Gasteiger partial charge is 0.130 e. The van der Waals surface area contributed by atoms with Crippen molar-refractivity contribution in [2.24, 2.45) is 0 Å².